The molecule has 0 spiro atoms. The molecule has 0 fully saturated rings. The number of carboxylic acids is 1. The summed E-state index contributed by atoms with van der Waals surface area (Å²) in [5.41, 5.74) is 0. The van der Waals surface area contributed by atoms with Crippen LogP contribution in [-0.4, -0.2) is 24.3 Å². The molecule has 0 aliphatic rings. The molecule has 0 unspecified atom stereocenters. The van der Waals surface area contributed by atoms with Crippen molar-refractivity contribution < 1.29 is 45.9 Å². The van der Waals surface area contributed by atoms with E-state index < -0.39 is 14.6 Å². The minimum absolute atomic E-state index is 0. The maximum absolute atomic E-state index is 8.89. The number of carbonyl (C=O) groups excluding carboxylic acids is 1. The first kappa shape index (κ1) is 23.6. The van der Waals surface area contributed by atoms with Crippen molar-refractivity contribution in [3.63, 3.8) is 0 Å². The average molecular weight is 375 g/mol. The van der Waals surface area contributed by atoms with E-state index in [1.54, 1.807) is 0 Å². The third-order valence-corrected chi connectivity index (χ3v) is 2.67. The van der Waals surface area contributed by atoms with Gasteiger partial charge in [0.25, 0.3) is 0 Å². The first-order valence-electron chi connectivity index (χ1n) is 5.63. The molecule has 5 nitrogen and oxygen atoms in total. The number of carboxylic acid groups (broad SMARTS) is 1. The molecule has 0 aliphatic heterocycles. The van der Waals surface area contributed by atoms with Gasteiger partial charge in [0.2, 0.25) is 0 Å². The zero-order valence-electron chi connectivity index (χ0n) is 12.0. The van der Waals surface area contributed by atoms with Gasteiger partial charge < -0.3 is 23.5 Å². The van der Waals surface area contributed by atoms with Crippen molar-refractivity contribution in [1.29, 1.82) is 0 Å². The number of carbonyl (C=O) groups is 1. The van der Waals surface area contributed by atoms with Gasteiger partial charge >= 0.3 is 31.0 Å². The number of aliphatic carboxylic acids is 1. The molecule has 0 aromatic carbocycles. The molecule has 18 heavy (non-hydrogen) atoms. The van der Waals surface area contributed by atoms with Gasteiger partial charge in [-0.15, -0.1) is 0 Å². The maximum Gasteiger partial charge on any atom is 1.00 e. The Labute approximate surface area is 127 Å². The van der Waals surface area contributed by atoms with Gasteiger partial charge in [0.05, 0.1) is 18.3 Å². The minimum atomic E-state index is -1.18. The Morgan fingerprint density at radius 2 is 1.06 bits per heavy atom. The Kier molecular flexibility index (Phi) is 18.3. The summed E-state index contributed by atoms with van der Waals surface area (Å²) in [5.74, 6) is -1.08. The van der Waals surface area contributed by atoms with E-state index >= 15 is 0 Å². The van der Waals surface area contributed by atoms with Gasteiger partial charge in [-0.25, -0.2) is 0 Å². The first-order chi connectivity index (χ1) is 7.65. The van der Waals surface area contributed by atoms with Crippen LogP contribution in [0, 0.1) is 0 Å². The van der Waals surface area contributed by atoms with Crippen LogP contribution in [0.15, 0.2) is 0 Å². The van der Waals surface area contributed by atoms with E-state index in [1.807, 2.05) is 41.5 Å². The molecule has 0 rings (SSSR count). The van der Waals surface area contributed by atoms with Crippen molar-refractivity contribution in [3.05, 3.63) is 0 Å². The van der Waals surface area contributed by atoms with Gasteiger partial charge in [0.1, 0.15) is 0 Å². The van der Waals surface area contributed by atoms with Crippen LogP contribution in [0.2, 0.25) is 0 Å². The predicted octanol–water partition coefficient (Wildman–Crippen LogP) is 2.24. The monoisotopic (exact) mass is 374 g/mol. The van der Waals surface area contributed by atoms with Gasteiger partial charge in [0, 0.05) is 5.97 Å². The van der Waals surface area contributed by atoms with Gasteiger partial charge in [-0.05, 0) is 48.5 Å². The number of rotatable bonds is 6. The molecule has 7 heteroatoms. The molecule has 0 atom stereocenters. The van der Waals surface area contributed by atoms with Gasteiger partial charge in [0.15, 0.2) is 0 Å². The van der Waals surface area contributed by atoms with Gasteiger partial charge in [-0.3, -0.25) is 0 Å². The topological polar surface area (TPSA) is 67.8 Å². The second-order valence-corrected chi connectivity index (χ2v) is 5.26. The van der Waals surface area contributed by atoms with E-state index in [2.05, 4.69) is 0 Å². The molecule has 0 N–H and O–H groups in total. The normalized spacial score (nSPS) is 10.4. The molecule has 0 bridgehead atoms. The Morgan fingerprint density at radius 1 is 0.889 bits per heavy atom. The number of hydrogen-bond donors (Lipinski definition) is 0. The SMILES string of the molecule is CC(=O)[O-].CC(C)OP(OC(C)C)OC(C)C.[Ag+]. The second-order valence-electron chi connectivity index (χ2n) is 4.18. The van der Waals surface area contributed by atoms with E-state index in [-0.39, 0.29) is 40.7 Å². The third kappa shape index (κ3) is 25.4. The molecule has 0 aromatic heterocycles. The standard InChI is InChI=1S/C9H21O3P.C2H4O2.Ag/c1-7(2)10-13(11-8(3)4)12-9(5)6;1-2(3)4;/h7-9H,1-6H3;1H3,(H,3,4);/q;;+1/p-1. The Morgan fingerprint density at radius 3 is 1.17 bits per heavy atom. The number of hydrogen-bond acceptors (Lipinski definition) is 5. The van der Waals surface area contributed by atoms with Crippen LogP contribution in [-0.2, 0) is 40.7 Å². The quantitative estimate of drug-likeness (QED) is 0.526. The zero-order valence-corrected chi connectivity index (χ0v) is 14.4. The van der Waals surface area contributed by atoms with Crippen LogP contribution >= 0.6 is 8.60 Å². The Balaban J connectivity index is -0.000000392. The van der Waals surface area contributed by atoms with Crippen molar-refractivity contribution in [2.45, 2.75) is 66.8 Å². The molecule has 0 saturated carbocycles. The molecule has 0 radical (unpaired) electrons. The van der Waals surface area contributed by atoms with Crippen LogP contribution in [0.1, 0.15) is 48.5 Å². The molecule has 0 heterocycles. The minimum Gasteiger partial charge on any atom is -0.550 e. The molecular weight excluding hydrogens is 351 g/mol. The van der Waals surface area contributed by atoms with Crippen LogP contribution in [0.3, 0.4) is 0 Å². The molecule has 0 amide bonds. The first-order valence-corrected chi connectivity index (χ1v) is 6.72. The van der Waals surface area contributed by atoms with E-state index in [0.29, 0.717) is 0 Å². The van der Waals surface area contributed by atoms with Gasteiger partial charge in [-0.2, -0.15) is 0 Å². The maximum atomic E-state index is 8.89. The fourth-order valence-corrected chi connectivity index (χ4v) is 1.77. The van der Waals surface area contributed by atoms with E-state index in [1.165, 1.54) is 0 Å². The molecule has 0 aromatic rings. The van der Waals surface area contributed by atoms with E-state index in [4.69, 9.17) is 23.5 Å². The molecular formula is C11H24AgO5P. The van der Waals surface area contributed by atoms with Crippen LogP contribution < -0.4 is 5.11 Å². The van der Waals surface area contributed by atoms with Gasteiger partial charge in [-0.1, -0.05) is 0 Å². The summed E-state index contributed by atoms with van der Waals surface area (Å²) in [5, 5.41) is 8.89. The largest absolute Gasteiger partial charge is 1.00 e. The van der Waals surface area contributed by atoms with Crippen molar-refractivity contribution in [1.82, 2.24) is 0 Å². The average Bonchev–Trinajstić information content (AvgIpc) is 1.96. The van der Waals surface area contributed by atoms with Crippen LogP contribution in [0.5, 0.6) is 0 Å². The second kappa shape index (κ2) is 13.9. The van der Waals surface area contributed by atoms with E-state index in [9.17, 15) is 0 Å². The van der Waals surface area contributed by atoms with Crippen LogP contribution in [0.25, 0.3) is 0 Å². The summed E-state index contributed by atoms with van der Waals surface area (Å²) in [6.45, 7) is 12.8. The summed E-state index contributed by atoms with van der Waals surface area (Å²) in [6, 6.07) is 0. The fourth-order valence-electron chi connectivity index (χ4n) is 0.591. The molecule has 0 saturated heterocycles. The molecule has 0 aliphatic carbocycles. The summed E-state index contributed by atoms with van der Waals surface area (Å²) >= 11 is 0. The molecule has 114 valence electrons. The summed E-state index contributed by atoms with van der Waals surface area (Å²) in [7, 11) is -1.18. The van der Waals surface area contributed by atoms with Crippen LogP contribution in [0.4, 0.5) is 0 Å². The smallest absolute Gasteiger partial charge is 0.550 e. The van der Waals surface area contributed by atoms with E-state index in [0.717, 1.165) is 6.92 Å². The van der Waals surface area contributed by atoms with Crippen molar-refractivity contribution in [3.8, 4) is 0 Å². The Bertz CT molecular complexity index is 172. The predicted molar refractivity (Wildman–Crippen MR) is 66.3 cm³/mol. The third-order valence-electron chi connectivity index (χ3n) is 0.891. The van der Waals surface area contributed by atoms with Crippen molar-refractivity contribution in [2.75, 3.05) is 0 Å². The summed E-state index contributed by atoms with van der Waals surface area (Å²) in [4.78, 5) is 8.89. The van der Waals surface area contributed by atoms with Crippen molar-refractivity contribution in [2.24, 2.45) is 0 Å². The van der Waals surface area contributed by atoms with Crippen molar-refractivity contribution >= 4 is 14.6 Å². The summed E-state index contributed by atoms with van der Waals surface area (Å²) in [6.07, 6.45) is 0.427. The summed E-state index contributed by atoms with van der Waals surface area (Å²) < 4.78 is 16.5. The Hall–Kier alpha value is 0.520. The fraction of sp³-hybridized carbons (Fsp3) is 0.909. The zero-order chi connectivity index (χ0) is 14.0.